The molecule has 1 aromatic carbocycles. The van der Waals surface area contributed by atoms with Crippen LogP contribution in [0.2, 0.25) is 0 Å². The van der Waals surface area contributed by atoms with Crippen LogP contribution in [0.4, 0.5) is 10.2 Å². The van der Waals surface area contributed by atoms with Gasteiger partial charge in [-0.25, -0.2) is 9.37 Å². The molecule has 4 rings (SSSR count). The minimum Gasteiger partial charge on any atom is -0.369 e. The lowest BCUT2D eigenvalue weighted by Crippen LogP contribution is -2.37. The van der Waals surface area contributed by atoms with Gasteiger partial charge in [0.15, 0.2) is 0 Å². The summed E-state index contributed by atoms with van der Waals surface area (Å²) in [7, 11) is 0. The Bertz CT molecular complexity index is 775. The third-order valence-electron chi connectivity index (χ3n) is 5.79. The zero-order valence-corrected chi connectivity index (χ0v) is 14.6. The average Bonchev–Trinajstić information content (AvgIpc) is 2.67. The lowest BCUT2D eigenvalue weighted by molar-refractivity contribution is 0.307. The Kier molecular flexibility index (Phi) is 4.56. The number of aryl methyl sites for hydroxylation is 1. The minimum atomic E-state index is -0.138. The predicted octanol–water partition coefficient (Wildman–Crippen LogP) is 5.49. The number of benzene rings is 1. The Morgan fingerprint density at radius 3 is 2.84 bits per heavy atom. The molecule has 2 nitrogen and oxygen atoms in total. The molecule has 2 aliphatic carbocycles. The number of anilines is 1. The minimum absolute atomic E-state index is 0.00311. The fourth-order valence-electron chi connectivity index (χ4n) is 4.37. The van der Waals surface area contributed by atoms with E-state index >= 15 is 0 Å². The van der Waals surface area contributed by atoms with Gasteiger partial charge in [0.1, 0.15) is 11.6 Å². The molecular formula is C22H25FN2. The highest BCUT2D eigenvalue weighted by Gasteiger charge is 2.34. The molecule has 0 bridgehead atoms. The van der Waals surface area contributed by atoms with Gasteiger partial charge in [-0.2, -0.15) is 0 Å². The molecule has 1 heterocycles. The molecule has 1 aromatic heterocycles. The van der Waals surface area contributed by atoms with Crippen LogP contribution < -0.4 is 5.32 Å². The summed E-state index contributed by atoms with van der Waals surface area (Å²) in [5.74, 6) is 0.829. The number of fused-ring (bicyclic) bond motifs is 1. The van der Waals surface area contributed by atoms with E-state index in [-0.39, 0.29) is 11.2 Å². The molecule has 25 heavy (non-hydrogen) atoms. The molecule has 130 valence electrons. The lowest BCUT2D eigenvalue weighted by Gasteiger charge is -2.38. The molecule has 0 spiro atoms. The van der Waals surface area contributed by atoms with Crippen LogP contribution in [0.15, 0.2) is 42.6 Å². The van der Waals surface area contributed by atoms with Crippen molar-refractivity contribution >= 4 is 11.9 Å². The maximum Gasteiger partial charge on any atom is 0.133 e. The molecule has 0 aliphatic heterocycles. The Hall–Kier alpha value is -2.16. The summed E-state index contributed by atoms with van der Waals surface area (Å²) in [6.45, 7) is 0.813. The van der Waals surface area contributed by atoms with Crippen LogP contribution >= 0.6 is 0 Å². The number of hydrogen-bond acceptors (Lipinski definition) is 2. The fraction of sp³-hybridized carbons (Fsp3) is 0.409. The van der Waals surface area contributed by atoms with E-state index in [0.717, 1.165) is 43.6 Å². The summed E-state index contributed by atoms with van der Waals surface area (Å²) in [6, 6.07) is 9.30. The molecule has 3 heteroatoms. The van der Waals surface area contributed by atoms with Crippen LogP contribution in [0.5, 0.6) is 0 Å². The van der Waals surface area contributed by atoms with Crippen LogP contribution in [0.3, 0.4) is 0 Å². The fourth-order valence-corrected chi connectivity index (χ4v) is 4.37. The van der Waals surface area contributed by atoms with E-state index in [9.17, 15) is 4.39 Å². The first-order valence-corrected chi connectivity index (χ1v) is 9.41. The van der Waals surface area contributed by atoms with Crippen molar-refractivity contribution < 1.29 is 4.39 Å². The number of nitrogens with one attached hydrogen (secondary N) is 1. The Morgan fingerprint density at radius 1 is 1.12 bits per heavy atom. The SMILES string of the molecule is Fc1cccc(C2(CNc3nccc4c3C=CCC4)CCCCC2)c1. The van der Waals surface area contributed by atoms with Crippen LogP contribution in [0.1, 0.15) is 55.2 Å². The van der Waals surface area contributed by atoms with Gasteiger partial charge in [0.05, 0.1) is 0 Å². The quantitative estimate of drug-likeness (QED) is 0.798. The second-order valence-electron chi connectivity index (χ2n) is 7.38. The van der Waals surface area contributed by atoms with Crippen molar-refractivity contribution in [3.8, 4) is 0 Å². The van der Waals surface area contributed by atoms with Crippen molar-refractivity contribution in [2.45, 2.75) is 50.4 Å². The predicted molar refractivity (Wildman–Crippen MR) is 101 cm³/mol. The lowest BCUT2D eigenvalue weighted by atomic mass is 9.69. The molecule has 1 saturated carbocycles. The van der Waals surface area contributed by atoms with Crippen molar-refractivity contribution in [2.75, 3.05) is 11.9 Å². The van der Waals surface area contributed by atoms with Crippen LogP contribution in [0.25, 0.3) is 6.08 Å². The molecule has 2 aromatic rings. The van der Waals surface area contributed by atoms with Gasteiger partial charge in [-0.15, -0.1) is 0 Å². The summed E-state index contributed by atoms with van der Waals surface area (Å²) in [4.78, 5) is 4.58. The van der Waals surface area contributed by atoms with Crippen molar-refractivity contribution in [3.05, 3.63) is 65.1 Å². The summed E-state index contributed by atoms with van der Waals surface area (Å²) in [6.07, 6.45) is 14.4. The van der Waals surface area contributed by atoms with Crippen molar-refractivity contribution in [2.24, 2.45) is 0 Å². The van der Waals surface area contributed by atoms with Gasteiger partial charge in [0.2, 0.25) is 0 Å². The third kappa shape index (κ3) is 3.33. The molecule has 0 unspecified atom stereocenters. The topological polar surface area (TPSA) is 24.9 Å². The van der Waals surface area contributed by atoms with Gasteiger partial charge in [-0.05, 0) is 55.0 Å². The van der Waals surface area contributed by atoms with Crippen LogP contribution in [0, 0.1) is 5.82 Å². The molecule has 0 atom stereocenters. The summed E-state index contributed by atoms with van der Waals surface area (Å²) in [5, 5.41) is 3.62. The van der Waals surface area contributed by atoms with Gasteiger partial charge in [0.25, 0.3) is 0 Å². The van der Waals surface area contributed by atoms with Gasteiger partial charge in [-0.1, -0.05) is 43.5 Å². The number of rotatable bonds is 4. The smallest absolute Gasteiger partial charge is 0.133 e. The van der Waals surface area contributed by atoms with E-state index in [0.29, 0.717) is 0 Å². The van der Waals surface area contributed by atoms with Gasteiger partial charge in [0, 0.05) is 23.7 Å². The second-order valence-corrected chi connectivity index (χ2v) is 7.38. The van der Waals surface area contributed by atoms with Crippen molar-refractivity contribution in [1.82, 2.24) is 4.98 Å². The van der Waals surface area contributed by atoms with E-state index in [4.69, 9.17) is 0 Å². The van der Waals surface area contributed by atoms with E-state index in [1.165, 1.54) is 36.5 Å². The highest BCUT2D eigenvalue weighted by molar-refractivity contribution is 5.67. The number of pyridine rings is 1. The third-order valence-corrected chi connectivity index (χ3v) is 5.79. The Labute approximate surface area is 149 Å². The molecule has 0 radical (unpaired) electrons. The largest absolute Gasteiger partial charge is 0.369 e. The first kappa shape index (κ1) is 16.3. The summed E-state index contributed by atoms with van der Waals surface area (Å²) >= 11 is 0. The first-order valence-electron chi connectivity index (χ1n) is 9.41. The highest BCUT2D eigenvalue weighted by atomic mass is 19.1. The molecule has 1 N–H and O–H groups in total. The first-order chi connectivity index (χ1) is 12.3. The Balaban J connectivity index is 1.62. The highest BCUT2D eigenvalue weighted by Crippen LogP contribution is 2.40. The van der Waals surface area contributed by atoms with Gasteiger partial charge < -0.3 is 5.32 Å². The Morgan fingerprint density at radius 2 is 2.00 bits per heavy atom. The monoisotopic (exact) mass is 336 g/mol. The van der Waals surface area contributed by atoms with Crippen LogP contribution in [-0.4, -0.2) is 11.5 Å². The van der Waals surface area contributed by atoms with E-state index in [1.54, 1.807) is 6.07 Å². The molecule has 0 saturated heterocycles. The standard InChI is InChI=1S/C22H25FN2/c23-19-9-6-8-18(15-19)22(12-4-1-5-13-22)16-25-21-20-10-3-2-7-17(20)11-14-24-21/h3,6,8-11,14-15H,1-2,4-5,7,12-13,16H2,(H,24,25). The number of hydrogen-bond donors (Lipinski definition) is 1. The van der Waals surface area contributed by atoms with Crippen LogP contribution in [-0.2, 0) is 11.8 Å². The zero-order chi connectivity index (χ0) is 17.1. The van der Waals surface area contributed by atoms with Crippen molar-refractivity contribution in [1.29, 1.82) is 0 Å². The maximum absolute atomic E-state index is 13.8. The number of allylic oxidation sites excluding steroid dienone is 1. The second kappa shape index (κ2) is 6.99. The molecule has 0 amide bonds. The summed E-state index contributed by atoms with van der Waals surface area (Å²) in [5.41, 5.74) is 3.71. The van der Waals surface area contributed by atoms with Gasteiger partial charge >= 0.3 is 0 Å². The maximum atomic E-state index is 13.8. The van der Waals surface area contributed by atoms with Gasteiger partial charge in [-0.3, -0.25) is 0 Å². The van der Waals surface area contributed by atoms with E-state index in [1.807, 2.05) is 12.3 Å². The number of nitrogens with zero attached hydrogens (tertiary/aromatic N) is 1. The average molecular weight is 336 g/mol. The zero-order valence-electron chi connectivity index (χ0n) is 14.6. The van der Waals surface area contributed by atoms with E-state index < -0.39 is 0 Å². The molecule has 1 fully saturated rings. The summed E-state index contributed by atoms with van der Waals surface area (Å²) < 4.78 is 13.8. The number of aromatic nitrogens is 1. The normalized spacial score (nSPS) is 18.6. The molecular weight excluding hydrogens is 311 g/mol. The van der Waals surface area contributed by atoms with E-state index in [2.05, 4.69) is 34.6 Å². The molecule has 2 aliphatic rings. The number of halogens is 1. The van der Waals surface area contributed by atoms with Crippen molar-refractivity contribution in [3.63, 3.8) is 0 Å².